The molecular weight excluding hydrogens is 278 g/mol. The maximum Gasteiger partial charge on any atom is 0.240 e. The van der Waals surface area contributed by atoms with E-state index in [1.165, 1.54) is 19.3 Å². The Balaban J connectivity index is 1.49. The number of amides is 2. The summed E-state index contributed by atoms with van der Waals surface area (Å²) < 4.78 is 0. The van der Waals surface area contributed by atoms with Crippen LogP contribution >= 0.6 is 0 Å². The van der Waals surface area contributed by atoms with Crippen LogP contribution in [-0.2, 0) is 9.59 Å². The van der Waals surface area contributed by atoms with Crippen molar-refractivity contribution in [2.24, 2.45) is 11.7 Å². The third-order valence-corrected chi connectivity index (χ3v) is 5.74. The van der Waals surface area contributed by atoms with Gasteiger partial charge in [-0.2, -0.15) is 0 Å². The largest absolute Gasteiger partial charge is 0.350 e. The summed E-state index contributed by atoms with van der Waals surface area (Å²) in [6.45, 7) is 1.44. The highest BCUT2D eigenvalue weighted by atomic mass is 16.2. The van der Waals surface area contributed by atoms with E-state index in [0.717, 1.165) is 51.5 Å². The first kappa shape index (κ1) is 15.8. The van der Waals surface area contributed by atoms with Crippen LogP contribution in [0.25, 0.3) is 0 Å². The topological polar surface area (TPSA) is 75.4 Å². The molecule has 0 aromatic carbocycles. The van der Waals surface area contributed by atoms with E-state index in [-0.39, 0.29) is 17.9 Å². The molecule has 1 saturated heterocycles. The molecule has 1 heterocycles. The lowest BCUT2D eigenvalue weighted by molar-refractivity contribution is -0.136. The Morgan fingerprint density at radius 1 is 1.00 bits per heavy atom. The van der Waals surface area contributed by atoms with Crippen LogP contribution in [-0.4, -0.2) is 41.4 Å². The van der Waals surface area contributed by atoms with Gasteiger partial charge in [-0.3, -0.25) is 9.59 Å². The summed E-state index contributed by atoms with van der Waals surface area (Å²) >= 11 is 0. The van der Waals surface area contributed by atoms with Gasteiger partial charge in [0.1, 0.15) is 0 Å². The van der Waals surface area contributed by atoms with Gasteiger partial charge in [-0.15, -0.1) is 0 Å². The Morgan fingerprint density at radius 3 is 2.36 bits per heavy atom. The van der Waals surface area contributed by atoms with E-state index in [9.17, 15) is 9.59 Å². The first-order chi connectivity index (χ1) is 10.6. The van der Waals surface area contributed by atoms with Gasteiger partial charge in [0.15, 0.2) is 0 Å². The number of hydrogen-bond donors (Lipinski definition) is 2. The summed E-state index contributed by atoms with van der Waals surface area (Å²) in [6, 6.07) is 0.0843. The Bertz CT molecular complexity index is 426. The van der Waals surface area contributed by atoms with E-state index in [4.69, 9.17) is 5.73 Å². The Morgan fingerprint density at radius 2 is 1.68 bits per heavy atom. The van der Waals surface area contributed by atoms with Gasteiger partial charge >= 0.3 is 0 Å². The maximum atomic E-state index is 12.5. The fourth-order valence-corrected chi connectivity index (χ4v) is 4.25. The summed E-state index contributed by atoms with van der Waals surface area (Å²) in [7, 11) is 0. The SMILES string of the molecule is NC1(C(=O)NC2CCN(C(=O)C3CCCCC3)C2)CCCC1. The normalized spacial score (nSPS) is 28.8. The predicted molar refractivity (Wildman–Crippen MR) is 85.1 cm³/mol. The van der Waals surface area contributed by atoms with Crippen LogP contribution < -0.4 is 11.1 Å². The Kier molecular flexibility index (Phi) is 4.71. The quantitative estimate of drug-likeness (QED) is 0.831. The number of carbonyl (C=O) groups is 2. The molecule has 2 amide bonds. The number of hydrogen-bond acceptors (Lipinski definition) is 3. The minimum atomic E-state index is -0.666. The average molecular weight is 307 g/mol. The fourth-order valence-electron chi connectivity index (χ4n) is 4.25. The molecule has 2 aliphatic carbocycles. The van der Waals surface area contributed by atoms with Crippen molar-refractivity contribution in [3.8, 4) is 0 Å². The van der Waals surface area contributed by atoms with Gasteiger partial charge in [-0.05, 0) is 32.1 Å². The van der Waals surface area contributed by atoms with Gasteiger partial charge in [0, 0.05) is 25.0 Å². The van der Waals surface area contributed by atoms with E-state index in [1.54, 1.807) is 0 Å². The van der Waals surface area contributed by atoms with Gasteiger partial charge in [0.2, 0.25) is 11.8 Å². The molecule has 5 nitrogen and oxygen atoms in total. The molecule has 124 valence electrons. The molecule has 3 rings (SSSR count). The lowest BCUT2D eigenvalue weighted by Gasteiger charge is -2.27. The molecular formula is C17H29N3O2. The van der Waals surface area contributed by atoms with Crippen LogP contribution in [0.15, 0.2) is 0 Å². The lowest BCUT2D eigenvalue weighted by atomic mass is 9.88. The third kappa shape index (κ3) is 3.29. The second kappa shape index (κ2) is 6.57. The summed E-state index contributed by atoms with van der Waals surface area (Å²) in [5.74, 6) is 0.514. The zero-order valence-corrected chi connectivity index (χ0v) is 13.5. The van der Waals surface area contributed by atoms with E-state index < -0.39 is 5.54 Å². The number of carbonyl (C=O) groups excluding carboxylic acids is 2. The van der Waals surface area contributed by atoms with Gasteiger partial charge in [0.25, 0.3) is 0 Å². The molecule has 0 aromatic heterocycles. The molecule has 0 radical (unpaired) electrons. The van der Waals surface area contributed by atoms with Crippen molar-refractivity contribution in [2.45, 2.75) is 75.8 Å². The Hall–Kier alpha value is -1.10. The van der Waals surface area contributed by atoms with Crippen molar-refractivity contribution in [1.29, 1.82) is 0 Å². The van der Waals surface area contributed by atoms with Crippen molar-refractivity contribution in [3.63, 3.8) is 0 Å². The number of nitrogens with one attached hydrogen (secondary N) is 1. The highest BCUT2D eigenvalue weighted by molar-refractivity contribution is 5.87. The summed E-state index contributed by atoms with van der Waals surface area (Å²) in [5.41, 5.74) is 5.53. The van der Waals surface area contributed by atoms with Crippen molar-refractivity contribution < 1.29 is 9.59 Å². The van der Waals surface area contributed by atoms with Gasteiger partial charge < -0.3 is 16.0 Å². The number of nitrogens with zero attached hydrogens (tertiary/aromatic N) is 1. The van der Waals surface area contributed by atoms with Crippen LogP contribution in [0.4, 0.5) is 0 Å². The van der Waals surface area contributed by atoms with E-state index >= 15 is 0 Å². The van der Waals surface area contributed by atoms with E-state index in [1.807, 2.05) is 4.90 Å². The van der Waals surface area contributed by atoms with Gasteiger partial charge in [-0.1, -0.05) is 32.1 Å². The van der Waals surface area contributed by atoms with Crippen molar-refractivity contribution >= 4 is 11.8 Å². The molecule has 0 spiro atoms. The van der Waals surface area contributed by atoms with E-state index in [2.05, 4.69) is 5.32 Å². The van der Waals surface area contributed by atoms with Crippen LogP contribution in [0.5, 0.6) is 0 Å². The lowest BCUT2D eigenvalue weighted by Crippen LogP contribution is -2.55. The first-order valence-corrected chi connectivity index (χ1v) is 8.97. The highest BCUT2D eigenvalue weighted by Crippen LogP contribution is 2.29. The zero-order valence-electron chi connectivity index (χ0n) is 13.5. The second-order valence-electron chi connectivity index (χ2n) is 7.44. The van der Waals surface area contributed by atoms with Crippen LogP contribution in [0.2, 0.25) is 0 Å². The van der Waals surface area contributed by atoms with Crippen LogP contribution in [0.1, 0.15) is 64.2 Å². The molecule has 1 unspecified atom stereocenters. The summed E-state index contributed by atoms with van der Waals surface area (Å²) in [5, 5.41) is 3.09. The van der Waals surface area contributed by atoms with Crippen LogP contribution in [0.3, 0.4) is 0 Å². The molecule has 0 bridgehead atoms. The molecule has 3 N–H and O–H groups in total. The molecule has 2 saturated carbocycles. The standard InChI is InChI=1S/C17H29N3O2/c18-17(9-4-5-10-17)16(22)19-14-8-11-20(12-14)15(21)13-6-2-1-3-7-13/h13-14H,1-12,18H2,(H,19,22). The number of likely N-dealkylation sites (tertiary alicyclic amines) is 1. The zero-order chi connectivity index (χ0) is 15.6. The maximum absolute atomic E-state index is 12.5. The van der Waals surface area contributed by atoms with Crippen molar-refractivity contribution in [2.75, 3.05) is 13.1 Å². The fraction of sp³-hybridized carbons (Fsp3) is 0.882. The second-order valence-corrected chi connectivity index (χ2v) is 7.44. The monoisotopic (exact) mass is 307 g/mol. The summed E-state index contributed by atoms with van der Waals surface area (Å²) in [6.07, 6.45) is 10.2. The molecule has 1 atom stereocenters. The molecule has 3 aliphatic rings. The summed E-state index contributed by atoms with van der Waals surface area (Å²) in [4.78, 5) is 26.9. The molecule has 1 aliphatic heterocycles. The number of rotatable bonds is 3. The molecule has 3 fully saturated rings. The molecule has 22 heavy (non-hydrogen) atoms. The molecule has 0 aromatic rings. The van der Waals surface area contributed by atoms with Crippen molar-refractivity contribution in [1.82, 2.24) is 10.2 Å². The third-order valence-electron chi connectivity index (χ3n) is 5.74. The van der Waals surface area contributed by atoms with Crippen LogP contribution in [0, 0.1) is 5.92 Å². The predicted octanol–water partition coefficient (Wildman–Crippen LogP) is 1.56. The Labute approximate surface area is 133 Å². The van der Waals surface area contributed by atoms with Crippen molar-refractivity contribution in [3.05, 3.63) is 0 Å². The molecule has 5 heteroatoms. The number of nitrogens with two attached hydrogens (primary N) is 1. The van der Waals surface area contributed by atoms with Gasteiger partial charge in [-0.25, -0.2) is 0 Å². The average Bonchev–Trinajstić information content (AvgIpc) is 3.17. The minimum Gasteiger partial charge on any atom is -0.350 e. The highest BCUT2D eigenvalue weighted by Gasteiger charge is 2.39. The first-order valence-electron chi connectivity index (χ1n) is 8.97. The van der Waals surface area contributed by atoms with E-state index in [0.29, 0.717) is 12.5 Å². The van der Waals surface area contributed by atoms with Gasteiger partial charge in [0.05, 0.1) is 5.54 Å². The minimum absolute atomic E-state index is 0.0121. The smallest absolute Gasteiger partial charge is 0.240 e.